The van der Waals surface area contributed by atoms with Crippen molar-refractivity contribution in [3.05, 3.63) is 63.4 Å². The predicted octanol–water partition coefficient (Wildman–Crippen LogP) is 2.32. The molecule has 7 nitrogen and oxygen atoms in total. The average Bonchev–Trinajstić information content (AvgIpc) is 3.32. The van der Waals surface area contributed by atoms with Gasteiger partial charge in [-0.2, -0.15) is 9.36 Å². The van der Waals surface area contributed by atoms with Crippen molar-refractivity contribution in [3.8, 4) is 5.00 Å². The third-order valence-electron chi connectivity index (χ3n) is 4.85. The van der Waals surface area contributed by atoms with E-state index in [1.54, 1.807) is 11.0 Å². The lowest BCUT2D eigenvalue weighted by atomic mass is 9.96. The normalized spacial score (nSPS) is 15.1. The lowest BCUT2D eigenvalue weighted by molar-refractivity contribution is 0.0675. The van der Waals surface area contributed by atoms with Crippen LogP contribution >= 0.6 is 11.3 Å². The smallest absolute Gasteiger partial charge is 0.339 e. The van der Waals surface area contributed by atoms with Gasteiger partial charge in [-0.05, 0) is 58.8 Å². The Kier molecular flexibility index (Phi) is 5.03. The number of carbonyl (C=O) groups excluding carboxylic acids is 1. The van der Waals surface area contributed by atoms with Gasteiger partial charge in [0.05, 0.1) is 12.1 Å². The van der Waals surface area contributed by atoms with E-state index in [9.17, 15) is 18.4 Å². The second kappa shape index (κ2) is 7.63. The molecule has 0 N–H and O–H groups in total. The van der Waals surface area contributed by atoms with Crippen LogP contribution in [0.5, 0.6) is 0 Å². The molecule has 0 saturated carbocycles. The first-order valence-corrected chi connectivity index (χ1v) is 9.72. The van der Waals surface area contributed by atoms with Crippen molar-refractivity contribution in [2.75, 3.05) is 13.1 Å². The van der Waals surface area contributed by atoms with Gasteiger partial charge in [-0.1, -0.05) is 0 Å². The number of hydrogen-bond donors (Lipinski definition) is 0. The number of benzene rings is 1. The summed E-state index contributed by atoms with van der Waals surface area (Å²) in [6.07, 6.45) is 1.32. The zero-order chi connectivity index (χ0) is 19.7. The lowest BCUT2D eigenvalue weighted by Gasteiger charge is -2.31. The minimum Gasteiger partial charge on any atom is -0.339 e. The Labute approximate surface area is 162 Å². The van der Waals surface area contributed by atoms with Crippen molar-refractivity contribution in [3.63, 3.8) is 0 Å². The zero-order valence-corrected chi connectivity index (χ0v) is 15.6. The summed E-state index contributed by atoms with van der Waals surface area (Å²) in [6.45, 7) is 1.29. The fourth-order valence-electron chi connectivity index (χ4n) is 3.31. The maximum atomic E-state index is 13.8. The van der Waals surface area contributed by atoms with E-state index in [0.717, 1.165) is 6.07 Å². The molecule has 10 heteroatoms. The number of thiophene rings is 1. The molecule has 3 aromatic rings. The van der Waals surface area contributed by atoms with Gasteiger partial charge in [0.15, 0.2) is 0 Å². The summed E-state index contributed by atoms with van der Waals surface area (Å²) in [5.74, 6) is -1.86. The fourth-order valence-corrected chi connectivity index (χ4v) is 3.98. The number of carbonyl (C=O) groups is 1. The maximum absolute atomic E-state index is 13.8. The molecule has 1 saturated heterocycles. The van der Waals surface area contributed by atoms with Gasteiger partial charge in [-0.3, -0.25) is 4.79 Å². The summed E-state index contributed by atoms with van der Waals surface area (Å²) in [7, 11) is 0. The van der Waals surface area contributed by atoms with E-state index in [0.29, 0.717) is 43.5 Å². The molecule has 0 atom stereocenters. The molecule has 1 fully saturated rings. The second-order valence-electron chi connectivity index (χ2n) is 6.67. The Morgan fingerprint density at radius 1 is 1.18 bits per heavy atom. The van der Waals surface area contributed by atoms with Gasteiger partial charge in [0.1, 0.15) is 16.6 Å². The van der Waals surface area contributed by atoms with Crippen LogP contribution in [-0.4, -0.2) is 43.7 Å². The van der Waals surface area contributed by atoms with E-state index in [2.05, 4.69) is 10.4 Å². The van der Waals surface area contributed by atoms with Gasteiger partial charge in [0, 0.05) is 19.2 Å². The largest absolute Gasteiger partial charge is 0.369 e. The first kappa shape index (κ1) is 18.5. The molecule has 28 heavy (non-hydrogen) atoms. The third-order valence-corrected chi connectivity index (χ3v) is 5.69. The van der Waals surface area contributed by atoms with Crippen molar-refractivity contribution in [1.82, 2.24) is 24.7 Å². The predicted molar refractivity (Wildman–Crippen MR) is 98.5 cm³/mol. The van der Waals surface area contributed by atoms with Crippen LogP contribution in [0.15, 0.2) is 40.5 Å². The molecule has 0 bridgehead atoms. The number of aromatic nitrogens is 4. The van der Waals surface area contributed by atoms with E-state index in [1.165, 1.54) is 26.8 Å². The Morgan fingerprint density at radius 2 is 1.96 bits per heavy atom. The topological polar surface area (TPSA) is 73.0 Å². The highest BCUT2D eigenvalue weighted by atomic mass is 32.1. The van der Waals surface area contributed by atoms with Crippen LogP contribution < -0.4 is 5.69 Å². The molecule has 146 valence electrons. The minimum absolute atomic E-state index is 0.130. The summed E-state index contributed by atoms with van der Waals surface area (Å²) >= 11 is 1.40. The van der Waals surface area contributed by atoms with Gasteiger partial charge >= 0.3 is 5.69 Å². The first-order valence-electron chi connectivity index (χ1n) is 8.84. The Balaban J connectivity index is 1.38. The Morgan fingerprint density at radius 3 is 2.64 bits per heavy atom. The van der Waals surface area contributed by atoms with E-state index in [4.69, 9.17) is 0 Å². The molecule has 2 aromatic heterocycles. The molecule has 1 aliphatic heterocycles. The van der Waals surface area contributed by atoms with Crippen LogP contribution in [0.25, 0.3) is 5.00 Å². The van der Waals surface area contributed by atoms with Crippen molar-refractivity contribution in [2.45, 2.75) is 19.4 Å². The van der Waals surface area contributed by atoms with Crippen LogP contribution in [0, 0.1) is 17.6 Å². The highest BCUT2D eigenvalue weighted by Gasteiger charge is 2.26. The fraction of sp³-hybridized carbons (Fsp3) is 0.333. The molecular formula is C18H17F2N5O2S. The highest BCUT2D eigenvalue weighted by Crippen LogP contribution is 2.21. The molecule has 0 spiro atoms. The van der Waals surface area contributed by atoms with Crippen LogP contribution in [0.1, 0.15) is 23.2 Å². The molecule has 1 aliphatic rings. The van der Waals surface area contributed by atoms with Crippen LogP contribution in [0.2, 0.25) is 0 Å². The monoisotopic (exact) mass is 405 g/mol. The lowest BCUT2D eigenvalue weighted by Crippen LogP contribution is -2.40. The Hall–Kier alpha value is -2.88. The van der Waals surface area contributed by atoms with Gasteiger partial charge < -0.3 is 4.90 Å². The molecule has 0 radical (unpaired) electrons. The second-order valence-corrected chi connectivity index (χ2v) is 7.59. The number of nitrogens with zero attached hydrogens (tertiary/aromatic N) is 5. The van der Waals surface area contributed by atoms with Crippen molar-refractivity contribution in [2.24, 2.45) is 5.92 Å². The van der Waals surface area contributed by atoms with Crippen LogP contribution in [0.4, 0.5) is 8.78 Å². The molecule has 3 heterocycles. The summed E-state index contributed by atoms with van der Waals surface area (Å²) in [5, 5.41) is 10.4. The quantitative estimate of drug-likeness (QED) is 0.668. The standard InChI is InChI=1S/C18H17F2N5O2S/c19-13-3-4-14(15(20)10-13)17(26)23-7-5-12(6-8-23)11-24-18(27)25(22-21-24)16-2-1-9-28-16/h1-4,9-10,12H,5-8,11H2. The zero-order valence-electron chi connectivity index (χ0n) is 14.8. The number of likely N-dealkylation sites (tertiary alicyclic amines) is 1. The Bertz CT molecular complexity index is 1040. The number of tetrazole rings is 1. The summed E-state index contributed by atoms with van der Waals surface area (Å²) in [4.78, 5) is 26.5. The van der Waals surface area contributed by atoms with Gasteiger partial charge in [-0.25, -0.2) is 13.6 Å². The number of hydrogen-bond acceptors (Lipinski definition) is 5. The number of halogens is 2. The number of amides is 1. The van der Waals surface area contributed by atoms with E-state index in [-0.39, 0.29) is 17.2 Å². The number of piperidine rings is 1. The average molecular weight is 405 g/mol. The summed E-state index contributed by atoms with van der Waals surface area (Å²) < 4.78 is 29.5. The van der Waals surface area contributed by atoms with Crippen molar-refractivity contribution < 1.29 is 13.6 Å². The molecular weight excluding hydrogens is 388 g/mol. The molecule has 4 rings (SSSR count). The molecule has 0 aliphatic carbocycles. The van der Waals surface area contributed by atoms with Gasteiger partial charge in [-0.15, -0.1) is 11.3 Å². The number of rotatable bonds is 4. The van der Waals surface area contributed by atoms with Crippen molar-refractivity contribution >= 4 is 17.2 Å². The molecule has 1 aromatic carbocycles. The van der Waals surface area contributed by atoms with Gasteiger partial charge in [0.25, 0.3) is 5.91 Å². The molecule has 0 unspecified atom stereocenters. The first-order chi connectivity index (χ1) is 13.5. The minimum atomic E-state index is -0.858. The van der Waals surface area contributed by atoms with Crippen LogP contribution in [-0.2, 0) is 6.54 Å². The van der Waals surface area contributed by atoms with E-state index >= 15 is 0 Å². The van der Waals surface area contributed by atoms with E-state index < -0.39 is 17.5 Å². The summed E-state index contributed by atoms with van der Waals surface area (Å²) in [5.41, 5.74) is -0.427. The van der Waals surface area contributed by atoms with E-state index in [1.807, 2.05) is 11.4 Å². The third kappa shape index (κ3) is 3.59. The van der Waals surface area contributed by atoms with Crippen LogP contribution in [0.3, 0.4) is 0 Å². The van der Waals surface area contributed by atoms with Crippen molar-refractivity contribution in [1.29, 1.82) is 0 Å². The highest BCUT2D eigenvalue weighted by molar-refractivity contribution is 7.12. The molecule has 1 amide bonds. The SMILES string of the molecule is O=C(c1ccc(F)cc1F)N1CCC(Cn2nnn(-c3cccs3)c2=O)CC1. The maximum Gasteiger partial charge on any atom is 0.369 e. The van der Waals surface area contributed by atoms with Gasteiger partial charge in [0.2, 0.25) is 0 Å². The summed E-state index contributed by atoms with van der Waals surface area (Å²) in [6, 6.07) is 6.59.